The average molecular weight is 313 g/mol. The Kier molecular flexibility index (Phi) is 3.61. The summed E-state index contributed by atoms with van der Waals surface area (Å²) in [5, 5.41) is 26.5. The second-order valence-electron chi connectivity index (χ2n) is 5.01. The van der Waals surface area contributed by atoms with Gasteiger partial charge in [-0.2, -0.15) is 5.10 Å². The number of nitrogens with zero attached hydrogens (tertiary/aromatic N) is 2. The summed E-state index contributed by atoms with van der Waals surface area (Å²) in [5.41, 5.74) is 2.21. The number of aromatic amines is 1. The van der Waals surface area contributed by atoms with Gasteiger partial charge in [0.2, 0.25) is 0 Å². The molecule has 0 bridgehead atoms. The van der Waals surface area contributed by atoms with E-state index in [1.165, 1.54) is 12.1 Å². The number of aromatic nitrogens is 3. The van der Waals surface area contributed by atoms with Crippen molar-refractivity contribution in [2.24, 2.45) is 0 Å². The van der Waals surface area contributed by atoms with E-state index in [9.17, 15) is 15.0 Å². The lowest BCUT2D eigenvalue weighted by atomic mass is 10.1. The summed E-state index contributed by atoms with van der Waals surface area (Å²) in [6.45, 7) is 3.94. The fourth-order valence-electron chi connectivity index (χ4n) is 2.45. The van der Waals surface area contributed by atoms with E-state index in [2.05, 4.69) is 15.2 Å². The fourth-order valence-corrected chi connectivity index (χ4v) is 2.45. The molecule has 0 aliphatic rings. The number of ether oxygens (including phenoxy) is 1. The molecule has 0 amide bonds. The SMILES string of the molecule is CCOc1cc(-c2cc(C(=O)O)c3c(C)n[nH]c3n2)ccc1O. The van der Waals surface area contributed by atoms with Crippen LogP contribution < -0.4 is 4.74 Å². The molecule has 7 nitrogen and oxygen atoms in total. The molecule has 0 saturated carbocycles. The largest absolute Gasteiger partial charge is 0.504 e. The summed E-state index contributed by atoms with van der Waals surface area (Å²) in [4.78, 5) is 16.0. The number of rotatable bonds is 4. The van der Waals surface area contributed by atoms with E-state index in [1.807, 2.05) is 6.92 Å². The van der Waals surface area contributed by atoms with E-state index in [-0.39, 0.29) is 11.3 Å². The highest BCUT2D eigenvalue weighted by atomic mass is 16.5. The molecule has 3 rings (SSSR count). The zero-order valence-corrected chi connectivity index (χ0v) is 12.6. The predicted octanol–water partition coefficient (Wildman–Crippen LogP) is 2.74. The maximum atomic E-state index is 11.5. The molecule has 1 aromatic carbocycles. The van der Waals surface area contributed by atoms with Gasteiger partial charge in [-0.3, -0.25) is 5.10 Å². The van der Waals surface area contributed by atoms with Crippen LogP contribution in [0.2, 0.25) is 0 Å². The van der Waals surface area contributed by atoms with Gasteiger partial charge in [-0.15, -0.1) is 0 Å². The maximum absolute atomic E-state index is 11.5. The monoisotopic (exact) mass is 313 g/mol. The molecule has 0 fully saturated rings. The maximum Gasteiger partial charge on any atom is 0.336 e. The minimum atomic E-state index is -1.05. The van der Waals surface area contributed by atoms with Gasteiger partial charge in [-0.1, -0.05) is 0 Å². The van der Waals surface area contributed by atoms with Crippen LogP contribution in [0.3, 0.4) is 0 Å². The van der Waals surface area contributed by atoms with Gasteiger partial charge < -0.3 is 14.9 Å². The summed E-state index contributed by atoms with van der Waals surface area (Å²) >= 11 is 0. The third-order valence-corrected chi connectivity index (χ3v) is 3.50. The Morgan fingerprint density at radius 2 is 2.13 bits per heavy atom. The fraction of sp³-hybridized carbons (Fsp3) is 0.188. The van der Waals surface area contributed by atoms with Crippen molar-refractivity contribution in [2.75, 3.05) is 6.61 Å². The standard InChI is InChI=1S/C16H15N3O4/c1-3-23-13-6-9(4-5-12(13)20)11-7-10(16(21)22)14-8(2)18-19-15(14)17-11/h4-7,20H,3H2,1-2H3,(H,21,22)(H,17,18,19). The first-order chi connectivity index (χ1) is 11.0. The van der Waals surface area contributed by atoms with Crippen LogP contribution in [-0.2, 0) is 0 Å². The molecule has 0 saturated heterocycles. The van der Waals surface area contributed by atoms with Crippen molar-refractivity contribution < 1.29 is 19.7 Å². The van der Waals surface area contributed by atoms with Crippen molar-refractivity contribution in [3.8, 4) is 22.8 Å². The van der Waals surface area contributed by atoms with Crippen LogP contribution in [0.25, 0.3) is 22.3 Å². The second kappa shape index (κ2) is 5.60. The topological polar surface area (TPSA) is 108 Å². The van der Waals surface area contributed by atoms with Gasteiger partial charge in [0.05, 0.1) is 28.9 Å². The normalized spacial score (nSPS) is 10.9. The number of phenolic OH excluding ortho intramolecular Hbond substituents is 1. The Hall–Kier alpha value is -3.09. The van der Waals surface area contributed by atoms with Crippen LogP contribution in [-0.4, -0.2) is 38.0 Å². The zero-order valence-electron chi connectivity index (χ0n) is 12.6. The van der Waals surface area contributed by atoms with Gasteiger partial charge in [0.15, 0.2) is 17.1 Å². The van der Waals surface area contributed by atoms with E-state index in [0.717, 1.165) is 0 Å². The number of carboxylic acid groups (broad SMARTS) is 1. The number of H-pyrrole nitrogens is 1. The molecule has 2 aromatic heterocycles. The van der Waals surface area contributed by atoms with Gasteiger partial charge in [-0.25, -0.2) is 9.78 Å². The molecule has 3 aromatic rings. The first kappa shape index (κ1) is 14.8. The number of aromatic carboxylic acids is 1. The number of phenols is 1. The number of hydrogen-bond donors (Lipinski definition) is 3. The summed E-state index contributed by atoms with van der Waals surface area (Å²) in [6, 6.07) is 6.27. The highest BCUT2D eigenvalue weighted by molar-refractivity contribution is 6.03. The lowest BCUT2D eigenvalue weighted by Crippen LogP contribution is -2.00. The lowest BCUT2D eigenvalue weighted by molar-refractivity contribution is 0.0699. The van der Waals surface area contributed by atoms with E-state index < -0.39 is 5.97 Å². The third-order valence-electron chi connectivity index (χ3n) is 3.50. The molecule has 3 N–H and O–H groups in total. The quantitative estimate of drug-likeness (QED) is 0.683. The number of nitrogens with one attached hydrogen (secondary N) is 1. The highest BCUT2D eigenvalue weighted by Gasteiger charge is 2.17. The van der Waals surface area contributed by atoms with Crippen molar-refractivity contribution in [1.82, 2.24) is 15.2 Å². The number of benzene rings is 1. The number of fused-ring (bicyclic) bond motifs is 1. The summed E-state index contributed by atoms with van der Waals surface area (Å²) in [7, 11) is 0. The zero-order chi connectivity index (χ0) is 16.6. The first-order valence-electron chi connectivity index (χ1n) is 7.06. The molecule has 2 heterocycles. The van der Waals surface area contributed by atoms with Crippen molar-refractivity contribution in [3.05, 3.63) is 35.5 Å². The molecule has 7 heteroatoms. The molecule has 0 aliphatic heterocycles. The van der Waals surface area contributed by atoms with Crippen molar-refractivity contribution in [3.63, 3.8) is 0 Å². The molecule has 0 radical (unpaired) electrons. The average Bonchev–Trinajstić information content (AvgIpc) is 2.90. The van der Waals surface area contributed by atoms with E-state index in [1.54, 1.807) is 19.1 Å². The van der Waals surface area contributed by atoms with E-state index in [0.29, 0.717) is 40.3 Å². The number of carbonyl (C=O) groups is 1. The van der Waals surface area contributed by atoms with Gasteiger partial charge in [0.25, 0.3) is 0 Å². The summed E-state index contributed by atoms with van der Waals surface area (Å²) in [6.07, 6.45) is 0. The molecule has 0 unspecified atom stereocenters. The highest BCUT2D eigenvalue weighted by Crippen LogP contribution is 2.32. The molecule has 118 valence electrons. The molecule has 0 atom stereocenters. The van der Waals surface area contributed by atoms with E-state index >= 15 is 0 Å². The lowest BCUT2D eigenvalue weighted by Gasteiger charge is -2.09. The van der Waals surface area contributed by atoms with E-state index in [4.69, 9.17) is 4.74 Å². The molecular weight excluding hydrogens is 298 g/mol. The minimum absolute atomic E-state index is 0.0209. The Morgan fingerprint density at radius 3 is 2.83 bits per heavy atom. The Bertz CT molecular complexity index is 902. The number of aryl methyl sites for hydroxylation is 1. The van der Waals surface area contributed by atoms with Crippen LogP contribution in [0.15, 0.2) is 24.3 Å². The van der Waals surface area contributed by atoms with Crippen LogP contribution in [0.5, 0.6) is 11.5 Å². The van der Waals surface area contributed by atoms with Crippen LogP contribution >= 0.6 is 0 Å². The summed E-state index contributed by atoms with van der Waals surface area (Å²) < 4.78 is 5.35. The second-order valence-corrected chi connectivity index (χ2v) is 5.01. The van der Waals surface area contributed by atoms with Crippen LogP contribution in [0, 0.1) is 6.92 Å². The predicted molar refractivity (Wildman–Crippen MR) is 83.9 cm³/mol. The van der Waals surface area contributed by atoms with Gasteiger partial charge >= 0.3 is 5.97 Å². The number of hydrogen-bond acceptors (Lipinski definition) is 5. The third kappa shape index (κ3) is 2.57. The van der Waals surface area contributed by atoms with Gasteiger partial charge in [0, 0.05) is 5.56 Å². The number of carboxylic acids is 1. The number of pyridine rings is 1. The summed E-state index contributed by atoms with van der Waals surface area (Å²) in [5.74, 6) is -0.705. The molecule has 23 heavy (non-hydrogen) atoms. The Balaban J connectivity index is 2.21. The molecule has 0 aliphatic carbocycles. The Labute approximate surface area is 131 Å². The number of aromatic hydroxyl groups is 1. The van der Waals surface area contributed by atoms with Gasteiger partial charge in [0.1, 0.15) is 0 Å². The Morgan fingerprint density at radius 1 is 1.35 bits per heavy atom. The first-order valence-corrected chi connectivity index (χ1v) is 7.06. The van der Waals surface area contributed by atoms with Crippen LogP contribution in [0.1, 0.15) is 23.0 Å². The molecule has 0 spiro atoms. The van der Waals surface area contributed by atoms with Gasteiger partial charge in [-0.05, 0) is 38.1 Å². The van der Waals surface area contributed by atoms with Crippen molar-refractivity contribution >= 4 is 17.0 Å². The minimum Gasteiger partial charge on any atom is -0.504 e. The molecular formula is C16H15N3O4. The smallest absolute Gasteiger partial charge is 0.336 e. The van der Waals surface area contributed by atoms with Crippen molar-refractivity contribution in [2.45, 2.75) is 13.8 Å². The van der Waals surface area contributed by atoms with Crippen molar-refractivity contribution in [1.29, 1.82) is 0 Å². The van der Waals surface area contributed by atoms with Crippen LogP contribution in [0.4, 0.5) is 0 Å².